The Morgan fingerprint density at radius 3 is 2.25 bits per heavy atom. The van der Waals surface area contributed by atoms with Crippen molar-refractivity contribution in [3.63, 3.8) is 0 Å². The van der Waals surface area contributed by atoms with Crippen LogP contribution in [0.5, 0.6) is 5.75 Å². The third-order valence-electron chi connectivity index (χ3n) is 3.69. The summed E-state index contributed by atoms with van der Waals surface area (Å²) in [5.74, 6) is -1.99. The highest BCUT2D eigenvalue weighted by Gasteiger charge is 2.26. The molecule has 0 aromatic heterocycles. The number of aromatic carboxylic acids is 2. The van der Waals surface area contributed by atoms with Gasteiger partial charge in [0.25, 0.3) is 5.91 Å². The summed E-state index contributed by atoms with van der Waals surface area (Å²) in [6, 6.07) is 10.5. The second-order valence-corrected chi connectivity index (χ2v) is 5.26. The molecule has 0 fully saturated rings. The molecule has 1 aliphatic heterocycles. The van der Waals surface area contributed by atoms with Crippen LogP contribution < -0.4 is 9.64 Å². The lowest BCUT2D eigenvalue weighted by Gasteiger charge is -2.29. The highest BCUT2D eigenvalue weighted by Crippen LogP contribution is 2.34. The van der Waals surface area contributed by atoms with Crippen LogP contribution in [0, 0.1) is 0 Å². The Labute approximate surface area is 136 Å². The van der Waals surface area contributed by atoms with E-state index < -0.39 is 11.9 Å². The molecule has 0 atom stereocenters. The lowest BCUT2D eigenvalue weighted by Crippen LogP contribution is -2.38. The Morgan fingerprint density at radius 2 is 1.62 bits per heavy atom. The molecule has 1 aliphatic rings. The van der Waals surface area contributed by atoms with Crippen molar-refractivity contribution in [3.8, 4) is 5.75 Å². The molecule has 0 saturated heterocycles. The minimum absolute atomic E-state index is 0.0540. The zero-order valence-corrected chi connectivity index (χ0v) is 12.4. The van der Waals surface area contributed by atoms with Crippen molar-refractivity contribution < 1.29 is 29.3 Å². The van der Waals surface area contributed by atoms with Crippen molar-refractivity contribution in [2.45, 2.75) is 6.54 Å². The molecule has 2 N–H and O–H groups in total. The topological polar surface area (TPSA) is 104 Å². The first-order chi connectivity index (χ1) is 11.5. The van der Waals surface area contributed by atoms with Crippen LogP contribution in [0.1, 0.15) is 26.3 Å². The summed E-state index contributed by atoms with van der Waals surface area (Å²) in [6.07, 6.45) is 0. The number of amides is 1. The molecule has 3 rings (SSSR count). The largest absolute Gasteiger partial charge is 0.482 e. The van der Waals surface area contributed by atoms with E-state index in [2.05, 4.69) is 0 Å². The molecular weight excluding hydrogens is 314 g/mol. The van der Waals surface area contributed by atoms with Crippen LogP contribution in [0.15, 0.2) is 42.5 Å². The van der Waals surface area contributed by atoms with Gasteiger partial charge in [-0.25, -0.2) is 9.59 Å². The summed E-state index contributed by atoms with van der Waals surface area (Å²) in [4.78, 5) is 35.6. The summed E-state index contributed by atoms with van der Waals surface area (Å²) < 4.78 is 5.33. The van der Waals surface area contributed by atoms with Crippen LogP contribution in [-0.2, 0) is 11.3 Å². The van der Waals surface area contributed by atoms with Crippen LogP contribution in [-0.4, -0.2) is 34.7 Å². The summed E-state index contributed by atoms with van der Waals surface area (Å²) in [7, 11) is 0. The summed E-state index contributed by atoms with van der Waals surface area (Å²) in [5, 5.41) is 18.0. The van der Waals surface area contributed by atoms with Gasteiger partial charge in [-0.2, -0.15) is 0 Å². The smallest absolute Gasteiger partial charge is 0.335 e. The molecule has 7 heteroatoms. The number of nitrogens with zero attached hydrogens (tertiary/aromatic N) is 1. The molecule has 0 spiro atoms. The van der Waals surface area contributed by atoms with Gasteiger partial charge in [0.05, 0.1) is 23.4 Å². The Bertz CT molecular complexity index is 827. The average molecular weight is 327 g/mol. The maximum absolute atomic E-state index is 12.2. The fourth-order valence-electron chi connectivity index (χ4n) is 2.44. The number of carbonyl (C=O) groups is 3. The highest BCUT2D eigenvalue weighted by molar-refractivity contribution is 5.99. The molecule has 7 nitrogen and oxygen atoms in total. The van der Waals surface area contributed by atoms with E-state index in [4.69, 9.17) is 14.9 Å². The summed E-state index contributed by atoms with van der Waals surface area (Å²) in [6.45, 7) is 0.0603. The number of anilines is 1. The van der Waals surface area contributed by atoms with Crippen LogP contribution in [0.3, 0.4) is 0 Å². The fraction of sp³-hybridized carbons (Fsp3) is 0.118. The van der Waals surface area contributed by atoms with Crippen molar-refractivity contribution in [2.75, 3.05) is 11.5 Å². The number of fused-ring (bicyclic) bond motifs is 1. The number of benzene rings is 2. The highest BCUT2D eigenvalue weighted by atomic mass is 16.5. The van der Waals surface area contributed by atoms with Gasteiger partial charge in [0.1, 0.15) is 5.75 Å². The van der Waals surface area contributed by atoms with E-state index >= 15 is 0 Å². The monoisotopic (exact) mass is 327 g/mol. The number of carbonyl (C=O) groups excluding carboxylic acids is 1. The van der Waals surface area contributed by atoms with Gasteiger partial charge in [-0.1, -0.05) is 12.1 Å². The van der Waals surface area contributed by atoms with Gasteiger partial charge in [-0.3, -0.25) is 4.79 Å². The predicted molar refractivity (Wildman–Crippen MR) is 83.5 cm³/mol. The van der Waals surface area contributed by atoms with Crippen LogP contribution >= 0.6 is 0 Å². The lowest BCUT2D eigenvalue weighted by atomic mass is 10.1. The van der Waals surface area contributed by atoms with Crippen LogP contribution in [0.25, 0.3) is 0 Å². The number of hydrogen-bond acceptors (Lipinski definition) is 4. The first-order valence-corrected chi connectivity index (χ1v) is 7.08. The molecule has 0 aliphatic carbocycles. The first-order valence-electron chi connectivity index (χ1n) is 7.08. The quantitative estimate of drug-likeness (QED) is 0.890. The number of ether oxygens (including phenoxy) is 1. The van der Waals surface area contributed by atoms with E-state index in [9.17, 15) is 14.4 Å². The maximum atomic E-state index is 12.2. The molecule has 1 amide bonds. The van der Waals surface area contributed by atoms with E-state index in [0.29, 0.717) is 11.4 Å². The molecule has 2 aromatic rings. The minimum Gasteiger partial charge on any atom is -0.482 e. The third kappa shape index (κ3) is 2.91. The van der Waals surface area contributed by atoms with Crippen molar-refractivity contribution in [1.82, 2.24) is 0 Å². The molecule has 122 valence electrons. The Kier molecular flexibility index (Phi) is 3.91. The lowest BCUT2D eigenvalue weighted by molar-refractivity contribution is -0.121. The van der Waals surface area contributed by atoms with Crippen LogP contribution in [0.4, 0.5) is 5.69 Å². The Balaban J connectivity index is 1.93. The molecule has 0 saturated carbocycles. The van der Waals surface area contributed by atoms with E-state index in [1.54, 1.807) is 12.1 Å². The average Bonchev–Trinajstić information content (AvgIpc) is 2.57. The second-order valence-electron chi connectivity index (χ2n) is 5.26. The van der Waals surface area contributed by atoms with Gasteiger partial charge in [0, 0.05) is 0 Å². The summed E-state index contributed by atoms with van der Waals surface area (Å²) in [5.41, 5.74) is 1.31. The standard InChI is InChI=1S/C17H13NO6/c19-15-9-24-14-6-5-12(17(22)23)7-13(14)18(15)8-10-1-3-11(4-2-10)16(20)21/h1-7H,8-9H2,(H,20,21)(H,22,23). The van der Waals surface area contributed by atoms with Crippen molar-refractivity contribution in [3.05, 3.63) is 59.2 Å². The van der Waals surface area contributed by atoms with Gasteiger partial charge in [0.15, 0.2) is 6.61 Å². The molecule has 2 aromatic carbocycles. The van der Waals surface area contributed by atoms with Gasteiger partial charge < -0.3 is 19.8 Å². The van der Waals surface area contributed by atoms with Gasteiger partial charge >= 0.3 is 11.9 Å². The van der Waals surface area contributed by atoms with Crippen molar-refractivity contribution >= 4 is 23.5 Å². The van der Waals surface area contributed by atoms with Crippen LogP contribution in [0.2, 0.25) is 0 Å². The number of hydrogen-bond donors (Lipinski definition) is 2. The van der Waals surface area contributed by atoms with E-state index in [-0.39, 0.29) is 30.2 Å². The summed E-state index contributed by atoms with van der Waals surface area (Å²) >= 11 is 0. The Morgan fingerprint density at radius 1 is 1.00 bits per heavy atom. The number of rotatable bonds is 4. The fourth-order valence-corrected chi connectivity index (χ4v) is 2.44. The zero-order chi connectivity index (χ0) is 17.3. The zero-order valence-electron chi connectivity index (χ0n) is 12.4. The van der Waals surface area contributed by atoms with E-state index in [1.807, 2.05) is 0 Å². The third-order valence-corrected chi connectivity index (χ3v) is 3.69. The SMILES string of the molecule is O=C(O)c1ccc(CN2C(=O)COc3ccc(C(=O)O)cc32)cc1. The van der Waals surface area contributed by atoms with Crippen molar-refractivity contribution in [1.29, 1.82) is 0 Å². The van der Waals surface area contributed by atoms with Gasteiger partial charge in [0.2, 0.25) is 0 Å². The minimum atomic E-state index is -1.10. The van der Waals surface area contributed by atoms with E-state index in [1.165, 1.54) is 35.2 Å². The van der Waals surface area contributed by atoms with Gasteiger partial charge in [-0.05, 0) is 35.9 Å². The predicted octanol–water partition coefficient (Wildman–Crippen LogP) is 2.01. The Hall–Kier alpha value is -3.35. The first kappa shape index (κ1) is 15.5. The van der Waals surface area contributed by atoms with Crippen molar-refractivity contribution in [2.24, 2.45) is 0 Å². The molecule has 24 heavy (non-hydrogen) atoms. The van der Waals surface area contributed by atoms with E-state index in [0.717, 1.165) is 5.56 Å². The number of carboxylic acids is 2. The molecule has 1 heterocycles. The number of carboxylic acid groups (broad SMARTS) is 2. The molecule has 0 radical (unpaired) electrons. The molecule has 0 unspecified atom stereocenters. The normalized spacial score (nSPS) is 13.2. The second kappa shape index (κ2) is 6.04. The maximum Gasteiger partial charge on any atom is 0.335 e. The van der Waals surface area contributed by atoms with Gasteiger partial charge in [-0.15, -0.1) is 0 Å². The molecule has 0 bridgehead atoms. The molecular formula is C17H13NO6.